The number of amides is 1. The monoisotopic (exact) mass is 317 g/mol. The van der Waals surface area contributed by atoms with Gasteiger partial charge in [-0.05, 0) is 19.9 Å². The summed E-state index contributed by atoms with van der Waals surface area (Å²) in [6, 6.07) is 6.92. The van der Waals surface area contributed by atoms with Gasteiger partial charge in [-0.15, -0.1) is 0 Å². The molecular formula is C16H19N3O4. The molecule has 0 radical (unpaired) electrons. The minimum atomic E-state index is -1.33. The fourth-order valence-corrected chi connectivity index (χ4v) is 2.22. The first-order valence-corrected chi connectivity index (χ1v) is 7.11. The molecule has 1 aromatic heterocycles. The number of carbonyl (C=O) groups excluding carboxylic acids is 1. The molecule has 1 heterocycles. The van der Waals surface area contributed by atoms with Crippen molar-refractivity contribution in [3.63, 3.8) is 0 Å². The maximum absolute atomic E-state index is 12.4. The van der Waals surface area contributed by atoms with E-state index in [1.54, 1.807) is 24.3 Å². The van der Waals surface area contributed by atoms with E-state index in [0.717, 1.165) is 0 Å². The number of likely N-dealkylation sites (N-methyl/N-ethyl adjacent to an activating group) is 1. The van der Waals surface area contributed by atoms with Crippen LogP contribution in [-0.2, 0) is 23.1 Å². The Morgan fingerprint density at radius 3 is 2.39 bits per heavy atom. The van der Waals surface area contributed by atoms with E-state index in [-0.39, 0.29) is 17.9 Å². The molecule has 1 aromatic carbocycles. The second kappa shape index (κ2) is 5.83. The Bertz CT molecular complexity index is 839. The maximum Gasteiger partial charge on any atom is 0.329 e. The molecule has 2 rings (SSSR count). The number of rotatable bonds is 4. The number of nitrogens with zero attached hydrogens (tertiary/aromatic N) is 3. The quantitative estimate of drug-likeness (QED) is 0.900. The van der Waals surface area contributed by atoms with E-state index in [9.17, 15) is 19.5 Å². The Morgan fingerprint density at radius 1 is 1.26 bits per heavy atom. The minimum Gasteiger partial charge on any atom is -0.480 e. The van der Waals surface area contributed by atoms with Crippen molar-refractivity contribution in [2.45, 2.75) is 25.8 Å². The number of hydrogen-bond donors (Lipinski definition) is 1. The maximum atomic E-state index is 12.4. The Hall–Kier alpha value is -2.70. The summed E-state index contributed by atoms with van der Waals surface area (Å²) in [4.78, 5) is 37.0. The van der Waals surface area contributed by atoms with Crippen LogP contribution in [0.4, 0.5) is 0 Å². The van der Waals surface area contributed by atoms with Crippen LogP contribution >= 0.6 is 0 Å². The largest absolute Gasteiger partial charge is 0.480 e. The molecule has 23 heavy (non-hydrogen) atoms. The SMILES string of the molecule is CN(C(=O)Cc1nn(C)c(=O)c2ccccc12)C(C)(C)C(=O)O. The van der Waals surface area contributed by atoms with Gasteiger partial charge in [0.15, 0.2) is 0 Å². The highest BCUT2D eigenvalue weighted by Gasteiger charge is 2.35. The van der Waals surface area contributed by atoms with Gasteiger partial charge in [-0.25, -0.2) is 9.48 Å². The smallest absolute Gasteiger partial charge is 0.329 e. The average Bonchev–Trinajstić information content (AvgIpc) is 2.51. The van der Waals surface area contributed by atoms with E-state index < -0.39 is 11.5 Å². The highest BCUT2D eigenvalue weighted by Crippen LogP contribution is 2.17. The Morgan fingerprint density at radius 2 is 1.83 bits per heavy atom. The molecule has 0 fully saturated rings. The van der Waals surface area contributed by atoms with Gasteiger partial charge in [0.25, 0.3) is 5.56 Å². The van der Waals surface area contributed by atoms with Crippen molar-refractivity contribution in [1.29, 1.82) is 0 Å². The zero-order valence-electron chi connectivity index (χ0n) is 13.5. The number of aryl methyl sites for hydroxylation is 1. The molecule has 0 aliphatic heterocycles. The van der Waals surface area contributed by atoms with Gasteiger partial charge in [0.1, 0.15) is 5.54 Å². The molecule has 7 nitrogen and oxygen atoms in total. The molecule has 0 spiro atoms. The predicted octanol–water partition coefficient (Wildman–Crippen LogP) is 0.798. The average molecular weight is 317 g/mol. The molecule has 122 valence electrons. The molecule has 0 bridgehead atoms. The molecule has 1 amide bonds. The summed E-state index contributed by atoms with van der Waals surface area (Å²) in [6.45, 7) is 2.92. The molecule has 2 aromatic rings. The van der Waals surface area contributed by atoms with Crippen LogP contribution in [-0.4, -0.2) is 44.3 Å². The molecule has 7 heteroatoms. The van der Waals surface area contributed by atoms with Gasteiger partial charge in [0, 0.05) is 19.5 Å². The van der Waals surface area contributed by atoms with E-state index >= 15 is 0 Å². The third-order valence-corrected chi connectivity index (χ3v) is 4.09. The molecule has 0 atom stereocenters. The van der Waals surface area contributed by atoms with Crippen LogP contribution in [0.5, 0.6) is 0 Å². The van der Waals surface area contributed by atoms with Crippen LogP contribution in [0, 0.1) is 0 Å². The Balaban J connectivity index is 2.43. The zero-order valence-corrected chi connectivity index (χ0v) is 13.5. The fourth-order valence-electron chi connectivity index (χ4n) is 2.22. The summed E-state index contributed by atoms with van der Waals surface area (Å²) >= 11 is 0. The third kappa shape index (κ3) is 2.94. The highest BCUT2D eigenvalue weighted by atomic mass is 16.4. The topological polar surface area (TPSA) is 92.5 Å². The summed E-state index contributed by atoms with van der Waals surface area (Å²) in [5, 5.41) is 14.5. The van der Waals surface area contributed by atoms with Crippen LogP contribution in [0.15, 0.2) is 29.1 Å². The third-order valence-electron chi connectivity index (χ3n) is 4.09. The second-order valence-electron chi connectivity index (χ2n) is 5.91. The lowest BCUT2D eigenvalue weighted by Crippen LogP contribution is -2.51. The van der Waals surface area contributed by atoms with E-state index in [2.05, 4.69) is 5.10 Å². The van der Waals surface area contributed by atoms with E-state index in [4.69, 9.17) is 0 Å². The highest BCUT2D eigenvalue weighted by molar-refractivity contribution is 5.91. The first-order chi connectivity index (χ1) is 10.7. The van der Waals surface area contributed by atoms with E-state index in [1.807, 2.05) is 0 Å². The number of aliphatic carboxylic acids is 1. The van der Waals surface area contributed by atoms with Crippen molar-refractivity contribution in [2.24, 2.45) is 7.05 Å². The van der Waals surface area contributed by atoms with Crippen molar-refractivity contribution < 1.29 is 14.7 Å². The Kier molecular flexibility index (Phi) is 4.22. The van der Waals surface area contributed by atoms with Gasteiger partial charge in [-0.1, -0.05) is 18.2 Å². The van der Waals surface area contributed by atoms with Crippen LogP contribution < -0.4 is 5.56 Å². The van der Waals surface area contributed by atoms with Crippen molar-refractivity contribution in [3.05, 3.63) is 40.3 Å². The number of carboxylic acids is 1. The number of benzene rings is 1. The lowest BCUT2D eigenvalue weighted by Gasteiger charge is -2.31. The number of carboxylic acid groups (broad SMARTS) is 1. The molecule has 0 saturated heterocycles. The summed E-state index contributed by atoms with van der Waals surface area (Å²) in [6.07, 6.45) is -0.0815. The first-order valence-electron chi connectivity index (χ1n) is 7.11. The van der Waals surface area contributed by atoms with Gasteiger partial charge in [0.2, 0.25) is 5.91 Å². The normalized spacial score (nSPS) is 11.5. The van der Waals surface area contributed by atoms with Crippen LogP contribution in [0.25, 0.3) is 10.8 Å². The minimum absolute atomic E-state index is 0.0815. The summed E-state index contributed by atoms with van der Waals surface area (Å²) < 4.78 is 1.19. The lowest BCUT2D eigenvalue weighted by atomic mass is 10.0. The van der Waals surface area contributed by atoms with E-state index in [0.29, 0.717) is 16.5 Å². The molecular weight excluding hydrogens is 298 g/mol. The number of aromatic nitrogens is 2. The molecule has 0 aliphatic rings. The molecule has 1 N–H and O–H groups in total. The van der Waals surface area contributed by atoms with E-state index in [1.165, 1.54) is 37.5 Å². The van der Waals surface area contributed by atoms with Crippen molar-refractivity contribution >= 4 is 22.6 Å². The van der Waals surface area contributed by atoms with Crippen molar-refractivity contribution in [3.8, 4) is 0 Å². The van der Waals surface area contributed by atoms with Gasteiger partial charge in [-0.2, -0.15) is 5.10 Å². The van der Waals surface area contributed by atoms with Gasteiger partial charge in [-0.3, -0.25) is 9.59 Å². The van der Waals surface area contributed by atoms with Crippen LogP contribution in [0.3, 0.4) is 0 Å². The van der Waals surface area contributed by atoms with Crippen molar-refractivity contribution in [1.82, 2.24) is 14.7 Å². The summed E-state index contributed by atoms with van der Waals surface area (Å²) in [7, 11) is 2.97. The number of fused-ring (bicyclic) bond motifs is 1. The van der Waals surface area contributed by atoms with Gasteiger partial charge < -0.3 is 10.0 Å². The lowest BCUT2D eigenvalue weighted by molar-refractivity contribution is -0.155. The summed E-state index contributed by atoms with van der Waals surface area (Å²) in [5.41, 5.74) is -1.12. The van der Waals surface area contributed by atoms with Crippen molar-refractivity contribution in [2.75, 3.05) is 7.05 Å². The second-order valence-corrected chi connectivity index (χ2v) is 5.91. The summed E-state index contributed by atoms with van der Waals surface area (Å²) in [5.74, 6) is -1.47. The Labute approximate surface area is 133 Å². The molecule has 0 aliphatic carbocycles. The molecule has 0 saturated carbocycles. The van der Waals surface area contributed by atoms with Gasteiger partial charge in [0.05, 0.1) is 17.5 Å². The van der Waals surface area contributed by atoms with Gasteiger partial charge >= 0.3 is 5.97 Å². The van der Waals surface area contributed by atoms with Crippen LogP contribution in [0.2, 0.25) is 0 Å². The van der Waals surface area contributed by atoms with Crippen LogP contribution in [0.1, 0.15) is 19.5 Å². The molecule has 0 unspecified atom stereocenters. The zero-order chi connectivity index (χ0) is 17.4. The number of carbonyl (C=O) groups is 2. The standard InChI is InChI=1S/C16H19N3O4/c1-16(2,15(22)23)18(3)13(20)9-12-10-7-5-6-8-11(10)14(21)19(4)17-12/h5-8H,9H2,1-4H3,(H,22,23). The fraction of sp³-hybridized carbons (Fsp3) is 0.375. The first kappa shape index (κ1) is 16.7. The number of hydrogen-bond acceptors (Lipinski definition) is 4. The predicted molar refractivity (Wildman–Crippen MR) is 85.2 cm³/mol.